The summed E-state index contributed by atoms with van der Waals surface area (Å²) in [6, 6.07) is 9.68. The van der Waals surface area contributed by atoms with Crippen LogP contribution in [0.1, 0.15) is 32.4 Å². The van der Waals surface area contributed by atoms with Crippen LogP contribution in [0.5, 0.6) is 0 Å². The molecule has 0 saturated carbocycles. The van der Waals surface area contributed by atoms with Crippen LogP contribution in [0.4, 0.5) is 0 Å². The van der Waals surface area contributed by atoms with Crippen molar-refractivity contribution in [3.63, 3.8) is 0 Å². The molecule has 0 aliphatic carbocycles. The number of nitrogens with one attached hydrogen (secondary N) is 1. The molecule has 0 aliphatic rings. The van der Waals surface area contributed by atoms with Gasteiger partial charge in [-0.3, -0.25) is 15.0 Å². The van der Waals surface area contributed by atoms with E-state index in [1.165, 1.54) is 0 Å². The maximum absolute atomic E-state index is 12.3. The first kappa shape index (κ1) is 14.9. The second kappa shape index (κ2) is 6.66. The van der Waals surface area contributed by atoms with Crippen molar-refractivity contribution in [2.24, 2.45) is 5.92 Å². The molecule has 0 radical (unpaired) electrons. The number of carbonyl (C=O) groups excluding carboxylic acids is 1. The van der Waals surface area contributed by atoms with Crippen LogP contribution in [0.15, 0.2) is 30.3 Å². The topological polar surface area (TPSA) is 32.3 Å². The van der Waals surface area contributed by atoms with Crippen LogP contribution < -0.4 is 5.32 Å². The van der Waals surface area contributed by atoms with Crippen molar-refractivity contribution in [3.05, 3.63) is 35.9 Å². The summed E-state index contributed by atoms with van der Waals surface area (Å²) < 4.78 is 0. The zero-order valence-electron chi connectivity index (χ0n) is 12.0. The number of Topliss-reactive ketones (excluding diaryl/α,β-unsaturated/α-hetero) is 1. The molecule has 100 valence electrons. The zero-order chi connectivity index (χ0) is 13.7. The maximum Gasteiger partial charge on any atom is 0.156 e. The van der Waals surface area contributed by atoms with E-state index >= 15 is 0 Å². The Morgan fingerprint density at radius 2 is 1.67 bits per heavy atom. The first-order valence-electron chi connectivity index (χ1n) is 6.44. The molecule has 0 bridgehead atoms. The normalized spacial score (nSPS) is 14.8. The largest absolute Gasteiger partial charge is 0.297 e. The van der Waals surface area contributed by atoms with Gasteiger partial charge in [0.25, 0.3) is 0 Å². The molecule has 0 aromatic heterocycles. The third-order valence-electron chi connectivity index (χ3n) is 3.17. The van der Waals surface area contributed by atoms with Gasteiger partial charge in [-0.15, -0.1) is 0 Å². The second-order valence-electron chi connectivity index (χ2n) is 5.21. The predicted molar refractivity (Wildman–Crippen MR) is 75.3 cm³/mol. The molecule has 2 atom stereocenters. The average molecular weight is 248 g/mol. The molecule has 0 spiro atoms. The van der Waals surface area contributed by atoms with Crippen molar-refractivity contribution in [3.8, 4) is 0 Å². The van der Waals surface area contributed by atoms with Crippen LogP contribution in [0.3, 0.4) is 0 Å². The highest BCUT2D eigenvalue weighted by atomic mass is 16.1. The van der Waals surface area contributed by atoms with E-state index in [1.807, 2.05) is 58.3 Å². The molecule has 1 aromatic carbocycles. The minimum absolute atomic E-state index is 0.0251. The molecule has 18 heavy (non-hydrogen) atoms. The number of ketones is 1. The molecular weight excluding hydrogens is 224 g/mol. The Hall–Kier alpha value is -1.19. The Balaban J connectivity index is 2.93. The molecule has 0 heterocycles. The van der Waals surface area contributed by atoms with Crippen molar-refractivity contribution in [2.45, 2.75) is 33.0 Å². The first-order valence-corrected chi connectivity index (χ1v) is 6.44. The summed E-state index contributed by atoms with van der Waals surface area (Å²) in [5, 5.41) is 3.39. The highest BCUT2D eigenvalue weighted by Crippen LogP contribution is 2.18. The Bertz CT molecular complexity index is 373. The smallest absolute Gasteiger partial charge is 0.156 e. The van der Waals surface area contributed by atoms with E-state index in [9.17, 15) is 4.79 Å². The fraction of sp³-hybridized carbons (Fsp3) is 0.533. The standard InChI is InChI=1S/C15H24N2O/c1-11(2)15(18)14(16-12(3)17(4)5)13-9-7-6-8-10-13/h6-12,14,16H,1-5H3/t12?,14-/m1/s1. The van der Waals surface area contributed by atoms with Crippen LogP contribution in [0.25, 0.3) is 0 Å². The third kappa shape index (κ3) is 3.93. The van der Waals surface area contributed by atoms with E-state index in [0.29, 0.717) is 0 Å². The fourth-order valence-electron chi connectivity index (χ4n) is 1.71. The molecule has 1 N–H and O–H groups in total. The monoisotopic (exact) mass is 248 g/mol. The third-order valence-corrected chi connectivity index (χ3v) is 3.17. The molecule has 1 rings (SSSR count). The molecule has 1 aromatic rings. The first-order chi connectivity index (χ1) is 8.43. The van der Waals surface area contributed by atoms with Gasteiger partial charge in [-0.05, 0) is 26.6 Å². The summed E-state index contributed by atoms with van der Waals surface area (Å²) >= 11 is 0. The molecule has 0 fully saturated rings. The lowest BCUT2D eigenvalue weighted by Crippen LogP contribution is -2.44. The van der Waals surface area contributed by atoms with Gasteiger partial charge in [0.15, 0.2) is 5.78 Å². The summed E-state index contributed by atoms with van der Waals surface area (Å²) in [5.74, 6) is 0.256. The minimum atomic E-state index is -0.233. The molecule has 0 aliphatic heterocycles. The molecule has 0 saturated heterocycles. The molecule has 3 heteroatoms. The summed E-state index contributed by atoms with van der Waals surface area (Å²) in [7, 11) is 4.00. The van der Waals surface area contributed by atoms with E-state index in [2.05, 4.69) is 17.1 Å². The highest BCUT2D eigenvalue weighted by molar-refractivity contribution is 5.86. The SMILES string of the molecule is CC(C)C(=O)[C@H](NC(C)N(C)C)c1ccccc1. The van der Waals surface area contributed by atoms with Crippen molar-refractivity contribution in [1.29, 1.82) is 0 Å². The van der Waals surface area contributed by atoms with E-state index in [4.69, 9.17) is 0 Å². The van der Waals surface area contributed by atoms with Crippen LogP contribution in [0, 0.1) is 5.92 Å². The van der Waals surface area contributed by atoms with Crippen molar-refractivity contribution < 1.29 is 4.79 Å². The number of rotatable bonds is 6. The Morgan fingerprint density at radius 1 is 1.11 bits per heavy atom. The van der Waals surface area contributed by atoms with Gasteiger partial charge >= 0.3 is 0 Å². The molecular formula is C15H24N2O. The van der Waals surface area contributed by atoms with Crippen molar-refractivity contribution >= 4 is 5.78 Å². The Labute approximate surface area is 110 Å². The minimum Gasteiger partial charge on any atom is -0.297 e. The molecule has 1 unspecified atom stereocenters. The number of benzene rings is 1. The van der Waals surface area contributed by atoms with Crippen LogP contribution in [-0.4, -0.2) is 30.9 Å². The van der Waals surface area contributed by atoms with E-state index in [-0.39, 0.29) is 23.9 Å². The molecule has 0 amide bonds. The van der Waals surface area contributed by atoms with Gasteiger partial charge in [-0.1, -0.05) is 44.2 Å². The van der Waals surface area contributed by atoms with Crippen molar-refractivity contribution in [2.75, 3.05) is 14.1 Å². The summed E-state index contributed by atoms with van der Waals surface area (Å²) in [4.78, 5) is 14.4. The predicted octanol–water partition coefficient (Wildman–Crippen LogP) is 2.45. The quantitative estimate of drug-likeness (QED) is 0.785. The second-order valence-corrected chi connectivity index (χ2v) is 5.21. The van der Waals surface area contributed by atoms with Crippen LogP contribution in [0.2, 0.25) is 0 Å². The van der Waals surface area contributed by atoms with Crippen LogP contribution in [-0.2, 0) is 4.79 Å². The lowest BCUT2D eigenvalue weighted by molar-refractivity contribution is -0.124. The van der Waals surface area contributed by atoms with E-state index in [1.54, 1.807) is 0 Å². The van der Waals surface area contributed by atoms with Crippen LogP contribution >= 0.6 is 0 Å². The highest BCUT2D eigenvalue weighted by Gasteiger charge is 2.24. The number of nitrogens with zero attached hydrogens (tertiary/aromatic N) is 1. The Kier molecular flexibility index (Phi) is 5.51. The van der Waals surface area contributed by atoms with Gasteiger partial charge in [0.2, 0.25) is 0 Å². The maximum atomic E-state index is 12.3. The number of hydrogen-bond acceptors (Lipinski definition) is 3. The van der Waals surface area contributed by atoms with Crippen molar-refractivity contribution in [1.82, 2.24) is 10.2 Å². The summed E-state index contributed by atoms with van der Waals surface area (Å²) in [6.07, 6.45) is 0.151. The van der Waals surface area contributed by atoms with Gasteiger partial charge in [0.1, 0.15) is 0 Å². The van der Waals surface area contributed by atoms with Gasteiger partial charge in [0, 0.05) is 5.92 Å². The lowest BCUT2D eigenvalue weighted by atomic mass is 9.95. The summed E-state index contributed by atoms with van der Waals surface area (Å²) in [6.45, 7) is 5.95. The van der Waals surface area contributed by atoms with Gasteiger partial charge in [-0.25, -0.2) is 0 Å². The molecule has 3 nitrogen and oxygen atoms in total. The zero-order valence-corrected chi connectivity index (χ0v) is 12.0. The number of carbonyl (C=O) groups is 1. The van der Waals surface area contributed by atoms with E-state index in [0.717, 1.165) is 5.56 Å². The van der Waals surface area contributed by atoms with Gasteiger partial charge in [0.05, 0.1) is 12.2 Å². The van der Waals surface area contributed by atoms with Gasteiger partial charge in [-0.2, -0.15) is 0 Å². The average Bonchev–Trinajstić information content (AvgIpc) is 2.35. The lowest BCUT2D eigenvalue weighted by Gasteiger charge is -2.28. The fourth-order valence-corrected chi connectivity index (χ4v) is 1.71. The number of hydrogen-bond donors (Lipinski definition) is 1. The Morgan fingerprint density at radius 3 is 2.11 bits per heavy atom. The summed E-state index contributed by atoms with van der Waals surface area (Å²) in [5.41, 5.74) is 1.03. The van der Waals surface area contributed by atoms with E-state index < -0.39 is 0 Å². The van der Waals surface area contributed by atoms with Gasteiger partial charge < -0.3 is 0 Å².